The number of halogens is 1. The SMILES string of the molecule is Cc1cc(C(=O)NC[C@@H](Cc2cccc(F)c2)N2CCNC2=O)c(C)o1. The molecule has 0 unspecified atom stereocenters. The first-order chi connectivity index (χ1) is 12.4. The highest BCUT2D eigenvalue weighted by atomic mass is 19.1. The van der Waals surface area contributed by atoms with Crippen LogP contribution in [-0.2, 0) is 6.42 Å². The third kappa shape index (κ3) is 4.04. The quantitative estimate of drug-likeness (QED) is 0.832. The van der Waals surface area contributed by atoms with Gasteiger partial charge in [0.25, 0.3) is 5.91 Å². The van der Waals surface area contributed by atoms with E-state index in [9.17, 15) is 14.0 Å². The van der Waals surface area contributed by atoms with Gasteiger partial charge < -0.3 is 20.0 Å². The van der Waals surface area contributed by atoms with E-state index in [4.69, 9.17) is 4.42 Å². The average molecular weight is 359 g/mol. The molecule has 6 nitrogen and oxygen atoms in total. The van der Waals surface area contributed by atoms with E-state index >= 15 is 0 Å². The molecule has 1 saturated heterocycles. The summed E-state index contributed by atoms with van der Waals surface area (Å²) in [5.74, 6) is 0.660. The Morgan fingerprint density at radius 3 is 2.81 bits per heavy atom. The molecular formula is C19H22FN3O3. The lowest BCUT2D eigenvalue weighted by atomic mass is 10.0. The zero-order valence-corrected chi connectivity index (χ0v) is 14.8. The monoisotopic (exact) mass is 359 g/mol. The number of furan rings is 1. The lowest BCUT2D eigenvalue weighted by molar-refractivity contribution is 0.0938. The first kappa shape index (κ1) is 18.0. The Kier molecular flexibility index (Phi) is 5.25. The van der Waals surface area contributed by atoms with Gasteiger partial charge in [-0.05, 0) is 44.0 Å². The van der Waals surface area contributed by atoms with Crippen LogP contribution in [-0.4, -0.2) is 42.5 Å². The second-order valence-corrected chi connectivity index (χ2v) is 6.45. The zero-order valence-electron chi connectivity index (χ0n) is 14.8. The lowest BCUT2D eigenvalue weighted by Gasteiger charge is -2.27. The Morgan fingerprint density at radius 1 is 1.38 bits per heavy atom. The van der Waals surface area contributed by atoms with Gasteiger partial charge in [0, 0.05) is 19.6 Å². The molecule has 138 valence electrons. The van der Waals surface area contributed by atoms with E-state index in [-0.39, 0.29) is 30.3 Å². The summed E-state index contributed by atoms with van der Waals surface area (Å²) in [6.45, 7) is 4.91. The Bertz CT molecular complexity index is 818. The van der Waals surface area contributed by atoms with Gasteiger partial charge in [-0.15, -0.1) is 0 Å². The van der Waals surface area contributed by atoms with Crippen molar-refractivity contribution in [2.24, 2.45) is 0 Å². The van der Waals surface area contributed by atoms with Crippen LogP contribution in [0.5, 0.6) is 0 Å². The molecule has 1 fully saturated rings. The van der Waals surface area contributed by atoms with Crippen molar-refractivity contribution in [2.45, 2.75) is 26.3 Å². The number of urea groups is 1. The number of nitrogens with one attached hydrogen (secondary N) is 2. The smallest absolute Gasteiger partial charge is 0.317 e. The van der Waals surface area contributed by atoms with Crippen LogP contribution in [0.2, 0.25) is 0 Å². The number of hydrogen-bond donors (Lipinski definition) is 2. The van der Waals surface area contributed by atoms with Crippen LogP contribution >= 0.6 is 0 Å². The summed E-state index contributed by atoms with van der Waals surface area (Å²) in [5.41, 5.74) is 1.26. The first-order valence-electron chi connectivity index (χ1n) is 8.58. The molecule has 2 aromatic rings. The second-order valence-electron chi connectivity index (χ2n) is 6.45. The maximum atomic E-state index is 13.5. The summed E-state index contributed by atoms with van der Waals surface area (Å²) in [7, 11) is 0. The molecule has 1 aliphatic heterocycles. The van der Waals surface area contributed by atoms with Gasteiger partial charge in [-0.2, -0.15) is 0 Å². The van der Waals surface area contributed by atoms with Crippen LogP contribution in [0.4, 0.5) is 9.18 Å². The summed E-state index contributed by atoms with van der Waals surface area (Å²) >= 11 is 0. The van der Waals surface area contributed by atoms with Crippen molar-refractivity contribution in [3.8, 4) is 0 Å². The van der Waals surface area contributed by atoms with Crippen LogP contribution in [0.15, 0.2) is 34.7 Å². The number of hydrogen-bond acceptors (Lipinski definition) is 3. The summed E-state index contributed by atoms with van der Waals surface area (Å²) < 4.78 is 18.9. The zero-order chi connectivity index (χ0) is 18.7. The minimum absolute atomic E-state index is 0.170. The average Bonchev–Trinajstić information content (AvgIpc) is 3.16. The van der Waals surface area contributed by atoms with E-state index in [2.05, 4.69) is 10.6 Å². The van der Waals surface area contributed by atoms with Gasteiger partial charge in [0.2, 0.25) is 0 Å². The molecule has 7 heteroatoms. The number of carbonyl (C=O) groups excluding carboxylic acids is 2. The molecule has 0 aliphatic carbocycles. The minimum Gasteiger partial charge on any atom is -0.466 e. The number of rotatable bonds is 6. The number of aryl methyl sites for hydroxylation is 2. The Labute approximate surface area is 151 Å². The molecule has 1 aliphatic rings. The van der Waals surface area contributed by atoms with E-state index in [1.807, 2.05) is 6.07 Å². The van der Waals surface area contributed by atoms with Gasteiger partial charge in [0.15, 0.2) is 0 Å². The normalized spacial score (nSPS) is 15.0. The molecule has 1 aromatic heterocycles. The molecule has 2 heterocycles. The van der Waals surface area contributed by atoms with Gasteiger partial charge in [0.1, 0.15) is 17.3 Å². The standard InChI is InChI=1S/C19H22FN3O3/c1-12-8-17(13(2)26-12)18(24)22-11-16(23-7-6-21-19(23)25)10-14-4-3-5-15(20)9-14/h3-5,8-9,16H,6-7,10-11H2,1-2H3,(H,21,25)(H,22,24)/t16-/m1/s1. The molecule has 0 radical (unpaired) electrons. The molecule has 2 N–H and O–H groups in total. The lowest BCUT2D eigenvalue weighted by Crippen LogP contribution is -2.46. The van der Waals surface area contributed by atoms with Crippen molar-refractivity contribution in [1.82, 2.24) is 15.5 Å². The summed E-state index contributed by atoms with van der Waals surface area (Å²) in [4.78, 5) is 26.2. The molecule has 1 atom stereocenters. The molecular weight excluding hydrogens is 337 g/mol. The largest absolute Gasteiger partial charge is 0.466 e. The van der Waals surface area contributed by atoms with Crippen molar-refractivity contribution in [2.75, 3.05) is 19.6 Å². The van der Waals surface area contributed by atoms with Crippen LogP contribution < -0.4 is 10.6 Å². The Balaban J connectivity index is 1.72. The van der Waals surface area contributed by atoms with Crippen LogP contribution in [0.3, 0.4) is 0 Å². The van der Waals surface area contributed by atoms with Gasteiger partial charge in [-0.1, -0.05) is 12.1 Å². The summed E-state index contributed by atoms with van der Waals surface area (Å²) in [6.07, 6.45) is 0.453. The third-order valence-corrected chi connectivity index (χ3v) is 4.47. The highest BCUT2D eigenvalue weighted by molar-refractivity contribution is 5.95. The predicted molar refractivity (Wildman–Crippen MR) is 94.5 cm³/mol. The number of nitrogens with zero attached hydrogens (tertiary/aromatic N) is 1. The van der Waals surface area contributed by atoms with E-state index in [0.717, 1.165) is 5.56 Å². The van der Waals surface area contributed by atoms with Crippen molar-refractivity contribution in [3.63, 3.8) is 0 Å². The molecule has 0 spiro atoms. The van der Waals surface area contributed by atoms with Gasteiger partial charge in [-0.25, -0.2) is 9.18 Å². The van der Waals surface area contributed by atoms with Gasteiger partial charge in [0.05, 0.1) is 11.6 Å². The van der Waals surface area contributed by atoms with Crippen LogP contribution in [0, 0.1) is 19.7 Å². The van der Waals surface area contributed by atoms with Crippen LogP contribution in [0.1, 0.15) is 27.4 Å². The fourth-order valence-corrected chi connectivity index (χ4v) is 3.23. The fourth-order valence-electron chi connectivity index (χ4n) is 3.23. The van der Waals surface area contributed by atoms with Crippen LogP contribution in [0.25, 0.3) is 0 Å². The van der Waals surface area contributed by atoms with Gasteiger partial charge in [-0.3, -0.25) is 4.79 Å². The van der Waals surface area contributed by atoms with Crippen molar-refractivity contribution < 1.29 is 18.4 Å². The highest BCUT2D eigenvalue weighted by Crippen LogP contribution is 2.15. The predicted octanol–water partition coefficient (Wildman–Crippen LogP) is 2.40. The number of carbonyl (C=O) groups is 2. The van der Waals surface area contributed by atoms with E-state index in [1.165, 1.54) is 12.1 Å². The Hall–Kier alpha value is -2.83. The maximum absolute atomic E-state index is 13.5. The minimum atomic E-state index is -0.319. The molecule has 26 heavy (non-hydrogen) atoms. The second kappa shape index (κ2) is 7.59. The number of amides is 3. The highest BCUT2D eigenvalue weighted by Gasteiger charge is 2.28. The van der Waals surface area contributed by atoms with Crippen molar-refractivity contribution in [3.05, 3.63) is 58.8 Å². The molecule has 3 rings (SSSR count). The third-order valence-electron chi connectivity index (χ3n) is 4.47. The molecule has 1 aromatic carbocycles. The molecule has 0 saturated carbocycles. The topological polar surface area (TPSA) is 74.6 Å². The molecule has 0 bridgehead atoms. The van der Waals surface area contributed by atoms with Crippen molar-refractivity contribution in [1.29, 1.82) is 0 Å². The fraction of sp³-hybridized carbons (Fsp3) is 0.368. The van der Waals surface area contributed by atoms with E-state index in [1.54, 1.807) is 30.9 Å². The van der Waals surface area contributed by atoms with Gasteiger partial charge >= 0.3 is 6.03 Å². The Morgan fingerprint density at radius 2 is 2.19 bits per heavy atom. The van der Waals surface area contributed by atoms with E-state index in [0.29, 0.717) is 36.6 Å². The van der Waals surface area contributed by atoms with E-state index < -0.39 is 0 Å². The summed E-state index contributed by atoms with van der Waals surface area (Å²) in [5, 5.41) is 5.64. The summed E-state index contributed by atoms with van der Waals surface area (Å²) in [6, 6.07) is 7.54. The maximum Gasteiger partial charge on any atom is 0.317 e. The molecule has 3 amide bonds. The number of benzene rings is 1. The van der Waals surface area contributed by atoms with Crippen molar-refractivity contribution >= 4 is 11.9 Å². The first-order valence-corrected chi connectivity index (χ1v) is 8.58.